The highest BCUT2D eigenvalue weighted by atomic mass is 16.5. The molecule has 0 aliphatic heterocycles. The molecule has 0 bridgehead atoms. The van der Waals surface area contributed by atoms with Crippen molar-refractivity contribution in [1.82, 2.24) is 0 Å². The quantitative estimate of drug-likeness (QED) is 0.404. The lowest BCUT2D eigenvalue weighted by atomic mass is 9.78. The minimum Gasteiger partial charge on any atom is -0.549 e. The predicted octanol–water partition coefficient (Wildman–Crippen LogP) is 0.815. The largest absolute Gasteiger partial charge is 0.549 e. The van der Waals surface area contributed by atoms with Crippen LogP contribution in [0.5, 0.6) is 0 Å². The smallest absolute Gasteiger partial charge is 0.317 e. The summed E-state index contributed by atoms with van der Waals surface area (Å²) in [5.41, 5.74) is -1.48. The Morgan fingerprint density at radius 2 is 1.65 bits per heavy atom. The molecule has 2 atom stereocenters. The van der Waals surface area contributed by atoms with Crippen LogP contribution >= 0.6 is 0 Å². The normalized spacial score (nSPS) is 15.2. The topological polar surface area (TPSA) is 86.7 Å². The molecule has 0 aliphatic rings. The summed E-state index contributed by atoms with van der Waals surface area (Å²) in [6.07, 6.45) is 0.270. The monoisotopic (exact) mass is 333 g/mol. The van der Waals surface area contributed by atoms with Crippen LogP contribution in [-0.2, 0) is 14.3 Å². The fourth-order valence-electron chi connectivity index (χ4n) is 2.44. The third-order valence-electron chi connectivity index (χ3n) is 3.23. The van der Waals surface area contributed by atoms with Crippen LogP contribution in [0, 0.1) is 11.3 Å². The van der Waals surface area contributed by atoms with Gasteiger partial charge < -0.3 is 24.2 Å². The lowest BCUT2D eigenvalue weighted by Crippen LogP contribution is -2.49. The molecule has 0 aromatic heterocycles. The molecule has 0 aliphatic carbocycles. The highest BCUT2D eigenvalue weighted by Crippen LogP contribution is 2.31. The number of aliphatic carboxylic acids is 1. The zero-order valence-corrected chi connectivity index (χ0v) is 16.0. The Morgan fingerprint density at radius 3 is 1.83 bits per heavy atom. The van der Waals surface area contributed by atoms with Crippen LogP contribution in [0.1, 0.15) is 47.5 Å². The summed E-state index contributed by atoms with van der Waals surface area (Å²) in [4.78, 5) is 22.7. The van der Waals surface area contributed by atoms with E-state index in [9.17, 15) is 14.7 Å². The Hall–Kier alpha value is -1.14. The molecule has 1 N–H and O–H groups in total. The average molecular weight is 333 g/mol. The Balaban J connectivity index is 0. The van der Waals surface area contributed by atoms with Gasteiger partial charge in [-0.05, 0) is 32.6 Å². The molecule has 0 aromatic rings. The van der Waals surface area contributed by atoms with Gasteiger partial charge in [-0.1, -0.05) is 20.8 Å². The molecule has 0 rings (SSSR count). The third-order valence-corrected chi connectivity index (χ3v) is 3.23. The predicted molar refractivity (Wildman–Crippen MR) is 88.4 cm³/mol. The molecule has 0 saturated carbocycles. The number of carbonyl (C=O) groups excluding carboxylic acids is 2. The number of rotatable bonds is 8. The number of hydrogen-bond donors (Lipinski definition) is 1. The first kappa shape index (κ1) is 24.1. The fourth-order valence-corrected chi connectivity index (χ4v) is 2.44. The number of likely N-dealkylation sites (N-methyl/N-ethyl adjacent to an activating group) is 1. The second-order valence-corrected chi connectivity index (χ2v) is 7.36. The van der Waals surface area contributed by atoms with Gasteiger partial charge in [-0.25, -0.2) is 0 Å². The summed E-state index contributed by atoms with van der Waals surface area (Å²) in [5, 5.41) is 20.0. The molecular formula is C17H35NO5. The molecule has 0 aromatic carbocycles. The van der Waals surface area contributed by atoms with Crippen molar-refractivity contribution in [2.75, 3.05) is 34.3 Å². The van der Waals surface area contributed by atoms with Crippen molar-refractivity contribution in [3.05, 3.63) is 0 Å². The van der Waals surface area contributed by atoms with E-state index in [-0.39, 0.29) is 31.5 Å². The van der Waals surface area contributed by atoms with Crippen molar-refractivity contribution >= 4 is 11.9 Å². The Kier molecular flexibility index (Phi) is 11.1. The number of hydrogen-bond acceptors (Lipinski definition) is 5. The molecule has 138 valence electrons. The van der Waals surface area contributed by atoms with Gasteiger partial charge in [0.15, 0.2) is 0 Å². The molecule has 6 heteroatoms. The minimum atomic E-state index is -1.48. The molecule has 0 heterocycles. The van der Waals surface area contributed by atoms with Crippen molar-refractivity contribution in [2.45, 2.75) is 53.6 Å². The maximum atomic E-state index is 11.6. The number of nitrogens with zero attached hydrogens (tertiary/aromatic N) is 1. The molecule has 0 amide bonds. The van der Waals surface area contributed by atoms with Crippen molar-refractivity contribution < 1.29 is 29.0 Å². The number of carbonyl (C=O) groups is 2. The molecular weight excluding hydrogens is 298 g/mol. The van der Waals surface area contributed by atoms with Gasteiger partial charge in [0.25, 0.3) is 0 Å². The third kappa shape index (κ3) is 10.3. The van der Waals surface area contributed by atoms with Gasteiger partial charge in [-0.3, -0.25) is 4.79 Å². The Bertz CT molecular complexity index is 360. The molecule has 6 nitrogen and oxygen atoms in total. The van der Waals surface area contributed by atoms with Gasteiger partial charge in [0.2, 0.25) is 0 Å². The molecule has 0 fully saturated rings. The van der Waals surface area contributed by atoms with E-state index in [1.54, 1.807) is 13.8 Å². The van der Waals surface area contributed by atoms with E-state index in [4.69, 9.17) is 9.84 Å². The summed E-state index contributed by atoms with van der Waals surface area (Å²) in [6, 6.07) is 0. The van der Waals surface area contributed by atoms with E-state index in [2.05, 4.69) is 21.1 Å². The molecule has 23 heavy (non-hydrogen) atoms. The van der Waals surface area contributed by atoms with E-state index >= 15 is 0 Å². The van der Waals surface area contributed by atoms with Crippen molar-refractivity contribution in [1.29, 1.82) is 0 Å². The molecule has 0 saturated heterocycles. The zero-order chi connectivity index (χ0) is 18.8. The van der Waals surface area contributed by atoms with Gasteiger partial charge in [0.1, 0.15) is 18.1 Å². The number of carboxylic acid groups (broad SMARTS) is 1. The van der Waals surface area contributed by atoms with E-state index in [0.29, 0.717) is 0 Å². The molecule has 0 radical (unpaired) electrons. The van der Waals surface area contributed by atoms with Crippen molar-refractivity contribution in [3.8, 4) is 0 Å². The number of quaternary nitrogens is 1. The average Bonchev–Trinajstić information content (AvgIpc) is 2.33. The highest BCUT2D eigenvalue weighted by Gasteiger charge is 2.40. The van der Waals surface area contributed by atoms with Crippen molar-refractivity contribution in [3.63, 3.8) is 0 Å². The maximum Gasteiger partial charge on any atom is 0.317 e. The van der Waals surface area contributed by atoms with E-state index in [0.717, 1.165) is 11.0 Å². The summed E-state index contributed by atoms with van der Waals surface area (Å²) in [6.45, 7) is 9.87. The first-order chi connectivity index (χ1) is 10.3. The summed E-state index contributed by atoms with van der Waals surface area (Å²) in [7, 11) is 6.19. The number of ether oxygens (including phenoxy) is 1. The second-order valence-electron chi connectivity index (χ2n) is 7.36. The highest BCUT2D eigenvalue weighted by molar-refractivity contribution is 5.98. The standard InChI is InChI=1S/C11H20O4.C6H16NO/c1-5-11(9(12)13,7-8(3)4)10(14)15-6-2;1-6(8)5-7(2,3)4/h8H,5-7H2,1-4H3,(H,12,13);6,8H,5H2,1-4H3/q;+1/p-1. The Labute approximate surface area is 141 Å². The van der Waals surface area contributed by atoms with Gasteiger partial charge in [0, 0.05) is 0 Å². The van der Waals surface area contributed by atoms with E-state index in [1.807, 2.05) is 20.8 Å². The first-order valence-corrected chi connectivity index (χ1v) is 8.19. The molecule has 0 spiro atoms. The Morgan fingerprint density at radius 1 is 1.17 bits per heavy atom. The lowest BCUT2D eigenvalue weighted by molar-refractivity contribution is -0.873. The van der Waals surface area contributed by atoms with Crippen LogP contribution in [-0.4, -0.2) is 61.9 Å². The number of aliphatic hydroxyl groups excluding tert-OH is 1. The number of carboxylic acids is 1. The summed E-state index contributed by atoms with van der Waals surface area (Å²) >= 11 is 0. The zero-order valence-electron chi connectivity index (χ0n) is 16.0. The van der Waals surface area contributed by atoms with Gasteiger partial charge in [-0.2, -0.15) is 0 Å². The van der Waals surface area contributed by atoms with Crippen LogP contribution in [0.15, 0.2) is 0 Å². The number of aliphatic hydroxyl groups is 1. The molecule has 2 unspecified atom stereocenters. The fraction of sp³-hybridized carbons (Fsp3) is 0.882. The van der Waals surface area contributed by atoms with Crippen LogP contribution in [0.3, 0.4) is 0 Å². The maximum absolute atomic E-state index is 11.6. The minimum absolute atomic E-state index is 0.104. The van der Waals surface area contributed by atoms with Crippen LogP contribution in [0.4, 0.5) is 0 Å². The lowest BCUT2D eigenvalue weighted by Gasteiger charge is -2.32. The SMILES string of the molecule is CC(O)C[N+](C)(C)C.CCOC(=O)C(CC)(CC(C)C)C(=O)[O-]. The van der Waals surface area contributed by atoms with Crippen LogP contribution in [0.2, 0.25) is 0 Å². The van der Waals surface area contributed by atoms with E-state index < -0.39 is 17.4 Å². The number of esters is 1. The van der Waals surface area contributed by atoms with Gasteiger partial charge in [0.05, 0.1) is 33.7 Å². The van der Waals surface area contributed by atoms with E-state index in [1.165, 1.54) is 0 Å². The second kappa shape index (κ2) is 10.6. The van der Waals surface area contributed by atoms with Gasteiger partial charge >= 0.3 is 5.97 Å². The van der Waals surface area contributed by atoms with Crippen LogP contribution in [0.25, 0.3) is 0 Å². The summed E-state index contributed by atoms with van der Waals surface area (Å²) < 4.78 is 5.63. The summed E-state index contributed by atoms with van der Waals surface area (Å²) in [5.74, 6) is -1.91. The van der Waals surface area contributed by atoms with Crippen LogP contribution < -0.4 is 5.11 Å². The first-order valence-electron chi connectivity index (χ1n) is 8.19. The van der Waals surface area contributed by atoms with Gasteiger partial charge in [-0.15, -0.1) is 0 Å². The van der Waals surface area contributed by atoms with Crippen molar-refractivity contribution in [2.24, 2.45) is 11.3 Å².